The Morgan fingerprint density at radius 2 is 1.92 bits per heavy atom. The van der Waals surface area contributed by atoms with Crippen LogP contribution in [0.4, 0.5) is 0 Å². The number of likely N-dealkylation sites (tertiary alicyclic amines) is 1. The number of aryl methyl sites for hydroxylation is 2. The molecule has 0 saturated carbocycles. The monoisotopic (exact) mass is 330 g/mol. The summed E-state index contributed by atoms with van der Waals surface area (Å²) < 4.78 is 5.49. The van der Waals surface area contributed by atoms with E-state index in [1.807, 2.05) is 36.9 Å². The standard InChI is InChI=1S/C19H26N2O3/c1-13-4-5-15(10-14(13)2)18(23)21-11-16(17(22)20-3)19(12-21)6-8-24-9-7-19/h4-5,10,16H,6-9,11-12H2,1-3H3,(H,20,22). The summed E-state index contributed by atoms with van der Waals surface area (Å²) in [6.45, 7) is 6.52. The van der Waals surface area contributed by atoms with Gasteiger partial charge >= 0.3 is 0 Å². The van der Waals surface area contributed by atoms with Gasteiger partial charge in [-0.2, -0.15) is 0 Å². The van der Waals surface area contributed by atoms with Gasteiger partial charge < -0.3 is 15.0 Å². The minimum absolute atomic E-state index is 0.0235. The first kappa shape index (κ1) is 17.0. The molecule has 2 aliphatic heterocycles. The van der Waals surface area contributed by atoms with Crippen LogP contribution in [0.1, 0.15) is 34.3 Å². The number of amides is 2. The van der Waals surface area contributed by atoms with Crippen molar-refractivity contribution >= 4 is 11.8 Å². The summed E-state index contributed by atoms with van der Waals surface area (Å²) in [5.41, 5.74) is 2.85. The summed E-state index contributed by atoms with van der Waals surface area (Å²) in [5.74, 6) is -0.0930. The van der Waals surface area contributed by atoms with Crippen molar-refractivity contribution in [1.29, 1.82) is 0 Å². The van der Waals surface area contributed by atoms with Crippen molar-refractivity contribution in [2.75, 3.05) is 33.4 Å². The van der Waals surface area contributed by atoms with Crippen LogP contribution in [0.2, 0.25) is 0 Å². The van der Waals surface area contributed by atoms with Crippen molar-refractivity contribution in [3.05, 3.63) is 34.9 Å². The fourth-order valence-electron chi connectivity index (χ4n) is 4.00. The van der Waals surface area contributed by atoms with E-state index in [0.717, 1.165) is 18.4 Å². The summed E-state index contributed by atoms with van der Waals surface area (Å²) >= 11 is 0. The Labute approximate surface area is 143 Å². The summed E-state index contributed by atoms with van der Waals surface area (Å²) in [6.07, 6.45) is 1.67. The second kappa shape index (κ2) is 6.55. The highest BCUT2D eigenvalue weighted by atomic mass is 16.5. The quantitative estimate of drug-likeness (QED) is 0.901. The van der Waals surface area contributed by atoms with E-state index >= 15 is 0 Å². The topological polar surface area (TPSA) is 58.6 Å². The third kappa shape index (κ3) is 2.93. The Morgan fingerprint density at radius 1 is 1.21 bits per heavy atom. The fourth-order valence-corrected chi connectivity index (χ4v) is 4.00. The van der Waals surface area contributed by atoms with Crippen LogP contribution >= 0.6 is 0 Å². The molecule has 0 aliphatic carbocycles. The number of carbonyl (C=O) groups is 2. The number of carbonyl (C=O) groups excluding carboxylic acids is 2. The van der Waals surface area contributed by atoms with Crippen LogP contribution in [-0.2, 0) is 9.53 Å². The van der Waals surface area contributed by atoms with Crippen LogP contribution in [0.5, 0.6) is 0 Å². The first-order valence-corrected chi connectivity index (χ1v) is 8.63. The number of rotatable bonds is 2. The Balaban J connectivity index is 1.85. The highest BCUT2D eigenvalue weighted by Crippen LogP contribution is 2.44. The first-order chi connectivity index (χ1) is 11.5. The van der Waals surface area contributed by atoms with E-state index in [0.29, 0.717) is 31.9 Å². The molecule has 1 aromatic carbocycles. The Bertz CT molecular complexity index is 650. The molecule has 1 unspecified atom stereocenters. The molecule has 2 heterocycles. The van der Waals surface area contributed by atoms with E-state index < -0.39 is 0 Å². The van der Waals surface area contributed by atoms with Crippen molar-refractivity contribution in [2.45, 2.75) is 26.7 Å². The normalized spacial score (nSPS) is 22.6. The lowest BCUT2D eigenvalue weighted by Gasteiger charge is -2.36. The molecule has 5 nitrogen and oxygen atoms in total. The second-order valence-electron chi connectivity index (χ2n) is 7.13. The average Bonchev–Trinajstić information content (AvgIpc) is 2.95. The van der Waals surface area contributed by atoms with Crippen molar-refractivity contribution in [2.24, 2.45) is 11.3 Å². The molecular weight excluding hydrogens is 304 g/mol. The molecule has 2 fully saturated rings. The van der Waals surface area contributed by atoms with Crippen molar-refractivity contribution in [1.82, 2.24) is 10.2 Å². The Kier molecular flexibility index (Phi) is 4.63. The number of hydrogen-bond donors (Lipinski definition) is 1. The van der Waals surface area contributed by atoms with Crippen molar-refractivity contribution < 1.29 is 14.3 Å². The maximum atomic E-state index is 13.0. The molecular formula is C19H26N2O3. The fraction of sp³-hybridized carbons (Fsp3) is 0.579. The molecule has 2 aliphatic rings. The molecule has 24 heavy (non-hydrogen) atoms. The highest BCUT2D eigenvalue weighted by Gasteiger charge is 2.51. The minimum atomic E-state index is -0.151. The van der Waals surface area contributed by atoms with Gasteiger partial charge in [-0.3, -0.25) is 9.59 Å². The summed E-state index contributed by atoms with van der Waals surface area (Å²) in [6, 6.07) is 5.81. The third-order valence-corrected chi connectivity index (χ3v) is 5.74. The first-order valence-electron chi connectivity index (χ1n) is 8.63. The zero-order chi connectivity index (χ0) is 17.3. The minimum Gasteiger partial charge on any atom is -0.381 e. The molecule has 130 valence electrons. The molecule has 5 heteroatoms. The van der Waals surface area contributed by atoms with Crippen LogP contribution in [0, 0.1) is 25.2 Å². The number of hydrogen-bond acceptors (Lipinski definition) is 3. The predicted octanol–water partition coefficient (Wildman–Crippen LogP) is 1.92. The molecule has 1 atom stereocenters. The summed E-state index contributed by atoms with van der Waals surface area (Å²) in [5, 5.41) is 2.78. The van der Waals surface area contributed by atoms with Gasteiger partial charge in [-0.05, 0) is 49.9 Å². The molecule has 0 bridgehead atoms. The highest BCUT2D eigenvalue weighted by molar-refractivity contribution is 5.95. The van der Waals surface area contributed by atoms with Crippen LogP contribution in [0.25, 0.3) is 0 Å². The SMILES string of the molecule is CNC(=O)C1CN(C(=O)c2ccc(C)c(C)c2)CC12CCOCC2. The lowest BCUT2D eigenvalue weighted by atomic mass is 9.72. The molecule has 0 aromatic heterocycles. The van der Waals surface area contributed by atoms with Gasteiger partial charge in [-0.25, -0.2) is 0 Å². The molecule has 2 saturated heterocycles. The molecule has 0 radical (unpaired) electrons. The maximum absolute atomic E-state index is 13.0. The zero-order valence-corrected chi connectivity index (χ0v) is 14.7. The van der Waals surface area contributed by atoms with Gasteiger partial charge in [0, 0.05) is 44.3 Å². The molecule has 3 rings (SSSR count). The van der Waals surface area contributed by atoms with Crippen LogP contribution in [0.3, 0.4) is 0 Å². The smallest absolute Gasteiger partial charge is 0.253 e. The van der Waals surface area contributed by atoms with Gasteiger partial charge in [0.25, 0.3) is 5.91 Å². The van der Waals surface area contributed by atoms with Crippen LogP contribution in [0.15, 0.2) is 18.2 Å². The van der Waals surface area contributed by atoms with E-state index in [1.165, 1.54) is 5.56 Å². The van der Waals surface area contributed by atoms with Crippen LogP contribution < -0.4 is 5.32 Å². The zero-order valence-electron chi connectivity index (χ0n) is 14.7. The van der Waals surface area contributed by atoms with E-state index in [2.05, 4.69) is 5.32 Å². The van der Waals surface area contributed by atoms with Gasteiger partial charge in [0.2, 0.25) is 5.91 Å². The van der Waals surface area contributed by atoms with Gasteiger partial charge in [-0.15, -0.1) is 0 Å². The van der Waals surface area contributed by atoms with E-state index in [-0.39, 0.29) is 23.1 Å². The van der Waals surface area contributed by atoms with Crippen molar-refractivity contribution in [3.63, 3.8) is 0 Å². The van der Waals surface area contributed by atoms with Gasteiger partial charge in [0.15, 0.2) is 0 Å². The number of nitrogens with one attached hydrogen (secondary N) is 1. The third-order valence-electron chi connectivity index (χ3n) is 5.74. The number of ether oxygens (including phenoxy) is 1. The summed E-state index contributed by atoms with van der Waals surface area (Å²) in [4.78, 5) is 27.2. The molecule has 1 N–H and O–H groups in total. The Morgan fingerprint density at radius 3 is 2.54 bits per heavy atom. The van der Waals surface area contributed by atoms with Crippen LogP contribution in [-0.4, -0.2) is 50.1 Å². The largest absolute Gasteiger partial charge is 0.381 e. The molecule has 1 aromatic rings. The molecule has 2 amide bonds. The average molecular weight is 330 g/mol. The van der Waals surface area contributed by atoms with Gasteiger partial charge in [0.1, 0.15) is 0 Å². The Hall–Kier alpha value is -1.88. The van der Waals surface area contributed by atoms with Gasteiger partial charge in [-0.1, -0.05) is 6.07 Å². The summed E-state index contributed by atoms with van der Waals surface area (Å²) in [7, 11) is 1.67. The number of benzene rings is 1. The van der Waals surface area contributed by atoms with Crippen molar-refractivity contribution in [3.8, 4) is 0 Å². The van der Waals surface area contributed by atoms with Gasteiger partial charge in [0.05, 0.1) is 5.92 Å². The van der Waals surface area contributed by atoms with E-state index in [9.17, 15) is 9.59 Å². The molecule has 1 spiro atoms. The second-order valence-corrected chi connectivity index (χ2v) is 7.13. The lowest BCUT2D eigenvalue weighted by Crippen LogP contribution is -2.43. The van der Waals surface area contributed by atoms with E-state index in [1.54, 1.807) is 7.05 Å². The predicted molar refractivity (Wildman–Crippen MR) is 91.9 cm³/mol. The lowest BCUT2D eigenvalue weighted by molar-refractivity contribution is -0.129. The number of nitrogens with zero attached hydrogens (tertiary/aromatic N) is 1. The van der Waals surface area contributed by atoms with E-state index in [4.69, 9.17) is 4.74 Å². The maximum Gasteiger partial charge on any atom is 0.253 e.